The average Bonchev–Trinajstić information content (AvgIpc) is 3.04. The molecule has 0 fully saturated rings. The summed E-state index contributed by atoms with van der Waals surface area (Å²) < 4.78 is 1.56. The summed E-state index contributed by atoms with van der Waals surface area (Å²) in [6, 6.07) is 9.17. The average molecular weight is 381 g/mol. The van der Waals surface area contributed by atoms with E-state index in [2.05, 4.69) is 40.8 Å². The van der Waals surface area contributed by atoms with E-state index in [1.165, 1.54) is 17.8 Å². The highest BCUT2D eigenvalue weighted by molar-refractivity contribution is 7.98. The Morgan fingerprint density at radius 3 is 2.89 bits per heavy atom. The Morgan fingerprint density at radius 1 is 1.22 bits per heavy atom. The standard InChI is InChI=1S/C16H15N9OS/c1-9-11-5-3-4-6-12(11)19-14(17-9)21-15-18-10(7-13(26)20-15)8-27-16-22-23-24-25(16)2/h3-7H,8H2,1-2H3,(H2,17,18,19,20,21,26). The molecule has 0 aliphatic carbocycles. The van der Waals surface area contributed by atoms with Crippen molar-refractivity contribution in [3.05, 3.63) is 52.1 Å². The Morgan fingerprint density at radius 2 is 2.07 bits per heavy atom. The molecule has 0 radical (unpaired) electrons. The van der Waals surface area contributed by atoms with E-state index in [-0.39, 0.29) is 11.5 Å². The molecule has 136 valence electrons. The molecule has 4 rings (SSSR count). The van der Waals surface area contributed by atoms with Crippen molar-refractivity contribution in [3.63, 3.8) is 0 Å². The molecule has 0 aliphatic rings. The second kappa shape index (κ2) is 7.11. The van der Waals surface area contributed by atoms with Gasteiger partial charge in [0, 0.05) is 24.3 Å². The Hall–Kier alpha value is -3.34. The van der Waals surface area contributed by atoms with Crippen LogP contribution in [0.5, 0.6) is 0 Å². The summed E-state index contributed by atoms with van der Waals surface area (Å²) in [6.45, 7) is 1.91. The highest BCUT2D eigenvalue weighted by Gasteiger charge is 2.09. The minimum absolute atomic E-state index is 0.267. The third-order valence-electron chi connectivity index (χ3n) is 3.75. The molecule has 0 amide bonds. The molecule has 3 heterocycles. The number of tetrazole rings is 1. The van der Waals surface area contributed by atoms with E-state index in [4.69, 9.17) is 0 Å². The zero-order valence-corrected chi connectivity index (χ0v) is 15.4. The quantitative estimate of drug-likeness (QED) is 0.495. The number of thioether (sulfide) groups is 1. The molecule has 3 aromatic heterocycles. The number of benzene rings is 1. The molecule has 0 bridgehead atoms. The van der Waals surface area contributed by atoms with Gasteiger partial charge in [0.2, 0.25) is 17.1 Å². The largest absolute Gasteiger partial charge is 0.294 e. The third-order valence-corrected chi connectivity index (χ3v) is 4.79. The predicted octanol–water partition coefficient (Wildman–Crippen LogP) is 1.58. The van der Waals surface area contributed by atoms with E-state index >= 15 is 0 Å². The van der Waals surface area contributed by atoms with Gasteiger partial charge in [-0.25, -0.2) is 19.6 Å². The van der Waals surface area contributed by atoms with Crippen LogP contribution in [0.25, 0.3) is 10.9 Å². The maximum Gasteiger partial charge on any atom is 0.252 e. The number of nitrogens with zero attached hydrogens (tertiary/aromatic N) is 7. The molecule has 0 atom stereocenters. The van der Waals surface area contributed by atoms with Crippen molar-refractivity contribution in [3.8, 4) is 0 Å². The molecule has 2 N–H and O–H groups in total. The summed E-state index contributed by atoms with van der Waals surface area (Å²) in [4.78, 5) is 28.0. The lowest BCUT2D eigenvalue weighted by Gasteiger charge is -2.08. The van der Waals surface area contributed by atoms with Gasteiger partial charge in [-0.05, 0) is 23.4 Å². The second-order valence-corrected chi connectivity index (χ2v) is 6.68. The minimum atomic E-state index is -0.267. The van der Waals surface area contributed by atoms with Crippen LogP contribution in [0, 0.1) is 6.92 Å². The topological polar surface area (TPSA) is 127 Å². The third kappa shape index (κ3) is 3.77. The van der Waals surface area contributed by atoms with E-state index < -0.39 is 0 Å². The minimum Gasteiger partial charge on any atom is -0.294 e. The van der Waals surface area contributed by atoms with Gasteiger partial charge in [0.25, 0.3) is 5.56 Å². The van der Waals surface area contributed by atoms with E-state index in [0.29, 0.717) is 22.6 Å². The van der Waals surface area contributed by atoms with E-state index in [0.717, 1.165) is 16.6 Å². The van der Waals surface area contributed by atoms with Crippen LogP contribution in [0.3, 0.4) is 0 Å². The molecule has 4 aromatic rings. The van der Waals surface area contributed by atoms with Crippen molar-refractivity contribution in [2.24, 2.45) is 7.05 Å². The molecule has 0 spiro atoms. The number of para-hydroxylation sites is 1. The fourth-order valence-electron chi connectivity index (χ4n) is 2.52. The maximum atomic E-state index is 12.0. The van der Waals surface area contributed by atoms with E-state index in [9.17, 15) is 4.79 Å². The van der Waals surface area contributed by atoms with Crippen LogP contribution in [0.15, 0.2) is 40.3 Å². The number of nitrogens with one attached hydrogen (secondary N) is 2. The molecular weight excluding hydrogens is 366 g/mol. The molecule has 0 unspecified atom stereocenters. The van der Waals surface area contributed by atoms with Crippen molar-refractivity contribution in [2.45, 2.75) is 17.8 Å². The van der Waals surface area contributed by atoms with Gasteiger partial charge in [0.15, 0.2) is 0 Å². The predicted molar refractivity (Wildman–Crippen MR) is 101 cm³/mol. The van der Waals surface area contributed by atoms with Gasteiger partial charge in [0.1, 0.15) is 0 Å². The zero-order chi connectivity index (χ0) is 18.8. The van der Waals surface area contributed by atoms with Gasteiger partial charge in [0.05, 0.1) is 16.9 Å². The Bertz CT molecular complexity index is 1170. The van der Waals surface area contributed by atoms with Crippen molar-refractivity contribution < 1.29 is 0 Å². The van der Waals surface area contributed by atoms with Gasteiger partial charge >= 0.3 is 0 Å². The smallest absolute Gasteiger partial charge is 0.252 e. The highest BCUT2D eigenvalue weighted by Crippen LogP contribution is 2.20. The van der Waals surface area contributed by atoms with Crippen LogP contribution in [0.2, 0.25) is 0 Å². The first-order valence-electron chi connectivity index (χ1n) is 8.04. The van der Waals surface area contributed by atoms with Gasteiger partial charge in [-0.15, -0.1) is 5.10 Å². The van der Waals surface area contributed by atoms with Crippen LogP contribution < -0.4 is 10.9 Å². The number of anilines is 2. The Labute approximate surface area is 157 Å². The highest BCUT2D eigenvalue weighted by atomic mass is 32.2. The van der Waals surface area contributed by atoms with Crippen LogP contribution in [-0.2, 0) is 12.8 Å². The first-order valence-corrected chi connectivity index (χ1v) is 9.03. The summed E-state index contributed by atoms with van der Waals surface area (Å²) in [7, 11) is 1.75. The molecule has 27 heavy (non-hydrogen) atoms. The van der Waals surface area contributed by atoms with Gasteiger partial charge in [-0.1, -0.05) is 30.0 Å². The summed E-state index contributed by atoms with van der Waals surface area (Å²) in [6.07, 6.45) is 0. The lowest BCUT2D eigenvalue weighted by atomic mass is 10.2. The molecule has 0 saturated carbocycles. The SMILES string of the molecule is Cc1nc(Nc2nc(CSc3nnnn3C)cc(=O)[nH]2)nc2ccccc12. The zero-order valence-electron chi connectivity index (χ0n) is 14.5. The van der Waals surface area contributed by atoms with Crippen LogP contribution in [0.1, 0.15) is 11.4 Å². The molecule has 0 saturated heterocycles. The van der Waals surface area contributed by atoms with Crippen molar-refractivity contribution in [1.82, 2.24) is 40.1 Å². The van der Waals surface area contributed by atoms with Crippen LogP contribution in [0.4, 0.5) is 11.9 Å². The normalized spacial score (nSPS) is 11.0. The van der Waals surface area contributed by atoms with E-state index in [1.807, 2.05) is 31.2 Å². The van der Waals surface area contributed by atoms with Crippen molar-refractivity contribution in [1.29, 1.82) is 0 Å². The fraction of sp³-hybridized carbons (Fsp3) is 0.188. The molecular formula is C16H15N9OS. The maximum absolute atomic E-state index is 12.0. The molecule has 1 aromatic carbocycles. The number of rotatable bonds is 5. The number of aromatic nitrogens is 8. The Kier molecular flexibility index (Phi) is 4.50. The number of fused-ring (bicyclic) bond motifs is 1. The van der Waals surface area contributed by atoms with Gasteiger partial charge < -0.3 is 0 Å². The van der Waals surface area contributed by atoms with Crippen LogP contribution >= 0.6 is 11.8 Å². The summed E-state index contributed by atoms with van der Waals surface area (Å²) in [5, 5.41) is 15.8. The first-order chi connectivity index (χ1) is 13.1. The summed E-state index contributed by atoms with van der Waals surface area (Å²) in [5.41, 5.74) is 1.98. The number of aromatic amines is 1. The molecule has 0 aliphatic heterocycles. The number of H-pyrrole nitrogens is 1. The number of aryl methyl sites for hydroxylation is 2. The summed E-state index contributed by atoms with van der Waals surface area (Å²) >= 11 is 1.39. The lowest BCUT2D eigenvalue weighted by molar-refractivity contribution is 0.664. The fourth-order valence-corrected chi connectivity index (χ4v) is 3.26. The van der Waals surface area contributed by atoms with E-state index in [1.54, 1.807) is 11.7 Å². The number of hydrogen-bond acceptors (Lipinski definition) is 9. The Balaban J connectivity index is 1.58. The summed E-state index contributed by atoms with van der Waals surface area (Å²) in [5.74, 6) is 1.10. The van der Waals surface area contributed by atoms with Crippen LogP contribution in [-0.4, -0.2) is 40.1 Å². The monoisotopic (exact) mass is 381 g/mol. The molecule has 10 nitrogen and oxygen atoms in total. The number of hydrogen-bond donors (Lipinski definition) is 2. The van der Waals surface area contributed by atoms with Gasteiger partial charge in [-0.3, -0.25) is 15.1 Å². The second-order valence-electron chi connectivity index (χ2n) is 5.73. The van der Waals surface area contributed by atoms with Crippen molar-refractivity contribution in [2.75, 3.05) is 5.32 Å². The molecule has 11 heteroatoms. The van der Waals surface area contributed by atoms with Gasteiger partial charge in [-0.2, -0.15) is 0 Å². The van der Waals surface area contributed by atoms with Crippen molar-refractivity contribution >= 4 is 34.6 Å². The first kappa shape index (κ1) is 17.1. The lowest BCUT2D eigenvalue weighted by Crippen LogP contribution is -2.13.